The van der Waals surface area contributed by atoms with Crippen molar-refractivity contribution in [2.24, 2.45) is 0 Å². The van der Waals surface area contributed by atoms with Crippen LogP contribution in [-0.4, -0.2) is 19.9 Å². The molecule has 0 spiro atoms. The predicted octanol–water partition coefficient (Wildman–Crippen LogP) is 7.73. The van der Waals surface area contributed by atoms with Gasteiger partial charge in [-0.25, -0.2) is 19.9 Å². The van der Waals surface area contributed by atoms with Gasteiger partial charge >= 0.3 is 0 Å². The first-order valence-corrected chi connectivity index (χ1v) is 11.9. The largest absolute Gasteiger partial charge is 0.236 e. The monoisotopic (exact) mass is 460 g/mol. The van der Waals surface area contributed by atoms with E-state index in [9.17, 15) is 0 Å². The fourth-order valence-electron chi connectivity index (χ4n) is 4.70. The summed E-state index contributed by atoms with van der Waals surface area (Å²) in [5.41, 5.74) is 5.63. The third-order valence-corrected chi connectivity index (χ3v) is 6.51. The van der Waals surface area contributed by atoms with E-state index >= 15 is 0 Å². The Balaban J connectivity index is 1.50. The van der Waals surface area contributed by atoms with Gasteiger partial charge in [0.05, 0.1) is 16.7 Å². The van der Waals surface area contributed by atoms with Crippen LogP contribution in [0.2, 0.25) is 0 Å². The lowest BCUT2D eigenvalue weighted by Gasteiger charge is -2.12. The molecule has 0 aliphatic carbocycles. The summed E-state index contributed by atoms with van der Waals surface area (Å²) in [6, 6.07) is 39.1. The standard InChI is InChI=1S/C32H20N4/c1-3-10-22(11-4-1)29-26-17-18-28-27(20-33-31(34-28)23-12-5-2-6-13-23)30(26)36-32(35-29)25-16-15-21-9-7-8-14-24(21)19-25/h1-20H. The van der Waals surface area contributed by atoms with E-state index in [1.807, 2.05) is 60.8 Å². The highest BCUT2D eigenvalue weighted by Gasteiger charge is 2.15. The fourth-order valence-corrected chi connectivity index (χ4v) is 4.70. The Labute approximate surface area is 208 Å². The van der Waals surface area contributed by atoms with E-state index in [4.69, 9.17) is 19.9 Å². The first kappa shape index (κ1) is 20.4. The maximum atomic E-state index is 5.08. The first-order chi connectivity index (χ1) is 17.8. The summed E-state index contributed by atoms with van der Waals surface area (Å²) in [6.07, 6.45) is 1.89. The van der Waals surface area contributed by atoms with Gasteiger partial charge in [-0.2, -0.15) is 0 Å². The van der Waals surface area contributed by atoms with E-state index in [-0.39, 0.29) is 0 Å². The van der Waals surface area contributed by atoms with Crippen molar-refractivity contribution in [2.45, 2.75) is 0 Å². The van der Waals surface area contributed by atoms with Gasteiger partial charge in [-0.05, 0) is 29.0 Å². The summed E-state index contributed by atoms with van der Waals surface area (Å²) in [6.45, 7) is 0. The molecule has 4 nitrogen and oxygen atoms in total. The second-order valence-electron chi connectivity index (χ2n) is 8.78. The summed E-state index contributed by atoms with van der Waals surface area (Å²) in [5, 5.41) is 4.24. The number of benzene rings is 5. The molecular formula is C32H20N4. The van der Waals surface area contributed by atoms with Gasteiger partial charge in [0.15, 0.2) is 11.6 Å². The minimum Gasteiger partial charge on any atom is -0.236 e. The second-order valence-corrected chi connectivity index (χ2v) is 8.78. The van der Waals surface area contributed by atoms with Crippen molar-refractivity contribution in [1.29, 1.82) is 0 Å². The van der Waals surface area contributed by atoms with Gasteiger partial charge in [0.2, 0.25) is 0 Å². The third-order valence-electron chi connectivity index (χ3n) is 6.51. The van der Waals surface area contributed by atoms with Gasteiger partial charge in [0.25, 0.3) is 0 Å². The summed E-state index contributed by atoms with van der Waals surface area (Å²) < 4.78 is 0. The molecule has 2 heterocycles. The molecule has 0 aliphatic rings. The number of rotatable bonds is 3. The van der Waals surface area contributed by atoms with Crippen LogP contribution < -0.4 is 0 Å². The van der Waals surface area contributed by atoms with Crippen LogP contribution >= 0.6 is 0 Å². The second kappa shape index (κ2) is 8.36. The first-order valence-electron chi connectivity index (χ1n) is 11.9. The topological polar surface area (TPSA) is 51.6 Å². The molecule has 0 amide bonds. The van der Waals surface area contributed by atoms with Crippen LogP contribution in [0.1, 0.15) is 0 Å². The molecule has 0 atom stereocenters. The fraction of sp³-hybridized carbons (Fsp3) is 0. The Morgan fingerprint density at radius 2 is 1.17 bits per heavy atom. The number of aromatic nitrogens is 4. The maximum absolute atomic E-state index is 5.08. The van der Waals surface area contributed by atoms with Crippen molar-refractivity contribution in [2.75, 3.05) is 0 Å². The summed E-state index contributed by atoms with van der Waals surface area (Å²) in [7, 11) is 0. The van der Waals surface area contributed by atoms with Crippen molar-refractivity contribution in [3.05, 3.63) is 121 Å². The molecule has 0 saturated carbocycles. The van der Waals surface area contributed by atoms with Crippen LogP contribution in [0.3, 0.4) is 0 Å². The molecule has 0 saturated heterocycles. The molecule has 36 heavy (non-hydrogen) atoms. The lowest BCUT2D eigenvalue weighted by atomic mass is 10.0. The van der Waals surface area contributed by atoms with Gasteiger partial charge in [-0.1, -0.05) is 97.1 Å². The zero-order valence-electron chi connectivity index (χ0n) is 19.3. The molecule has 7 aromatic rings. The van der Waals surface area contributed by atoms with Crippen molar-refractivity contribution in [3.63, 3.8) is 0 Å². The van der Waals surface area contributed by atoms with Gasteiger partial charge in [-0.15, -0.1) is 0 Å². The Hall–Kier alpha value is -4.96. The maximum Gasteiger partial charge on any atom is 0.160 e. The van der Waals surface area contributed by atoms with E-state index in [0.29, 0.717) is 11.6 Å². The lowest BCUT2D eigenvalue weighted by Crippen LogP contribution is -1.97. The van der Waals surface area contributed by atoms with Crippen molar-refractivity contribution >= 4 is 32.6 Å². The van der Waals surface area contributed by atoms with Crippen LogP contribution in [0.25, 0.3) is 66.6 Å². The van der Waals surface area contributed by atoms with E-state index in [1.165, 1.54) is 5.39 Å². The van der Waals surface area contributed by atoms with Gasteiger partial charge in [0, 0.05) is 33.7 Å². The third kappa shape index (κ3) is 3.48. The smallest absolute Gasteiger partial charge is 0.160 e. The Morgan fingerprint density at radius 1 is 0.444 bits per heavy atom. The molecule has 0 aliphatic heterocycles. The molecule has 0 fully saturated rings. The molecule has 0 radical (unpaired) electrons. The zero-order chi connectivity index (χ0) is 23.9. The predicted molar refractivity (Wildman–Crippen MR) is 146 cm³/mol. The molecule has 2 aromatic heterocycles. The summed E-state index contributed by atoms with van der Waals surface area (Å²) in [5.74, 6) is 1.39. The average molecular weight is 461 g/mol. The zero-order valence-corrected chi connectivity index (χ0v) is 19.3. The van der Waals surface area contributed by atoms with Crippen molar-refractivity contribution in [3.8, 4) is 34.0 Å². The number of hydrogen-bond donors (Lipinski definition) is 0. The minimum atomic E-state index is 0.687. The van der Waals surface area contributed by atoms with Crippen LogP contribution in [0.5, 0.6) is 0 Å². The molecular weight excluding hydrogens is 440 g/mol. The number of hydrogen-bond acceptors (Lipinski definition) is 4. The van der Waals surface area contributed by atoms with Gasteiger partial charge in [-0.3, -0.25) is 0 Å². The van der Waals surface area contributed by atoms with Gasteiger partial charge < -0.3 is 0 Å². The van der Waals surface area contributed by atoms with Crippen LogP contribution in [-0.2, 0) is 0 Å². The molecule has 168 valence electrons. The van der Waals surface area contributed by atoms with E-state index < -0.39 is 0 Å². The molecule has 4 heteroatoms. The normalized spacial score (nSPS) is 11.3. The molecule has 5 aromatic carbocycles. The number of nitrogens with zero attached hydrogens (tertiary/aromatic N) is 4. The highest BCUT2D eigenvalue weighted by Crippen LogP contribution is 2.33. The molecule has 0 N–H and O–H groups in total. The van der Waals surface area contributed by atoms with E-state index in [0.717, 1.165) is 49.6 Å². The Kier molecular flexibility index (Phi) is 4.74. The van der Waals surface area contributed by atoms with Crippen molar-refractivity contribution in [1.82, 2.24) is 19.9 Å². The summed E-state index contributed by atoms with van der Waals surface area (Å²) in [4.78, 5) is 19.7. The molecule has 7 rings (SSSR count). The van der Waals surface area contributed by atoms with Crippen LogP contribution in [0.4, 0.5) is 0 Å². The minimum absolute atomic E-state index is 0.687. The van der Waals surface area contributed by atoms with E-state index in [2.05, 4.69) is 60.7 Å². The van der Waals surface area contributed by atoms with Crippen LogP contribution in [0.15, 0.2) is 121 Å². The SMILES string of the molecule is c1ccc(-c2ncc3c(ccc4c(-c5ccccc5)nc(-c5ccc6ccccc6c5)nc43)n2)cc1. The molecule has 0 unspecified atom stereocenters. The molecule has 0 bridgehead atoms. The highest BCUT2D eigenvalue weighted by atomic mass is 14.9. The Bertz CT molecular complexity index is 1880. The van der Waals surface area contributed by atoms with Gasteiger partial charge in [0.1, 0.15) is 0 Å². The lowest BCUT2D eigenvalue weighted by molar-refractivity contribution is 1.21. The highest BCUT2D eigenvalue weighted by molar-refractivity contribution is 6.08. The number of fused-ring (bicyclic) bond motifs is 4. The van der Waals surface area contributed by atoms with E-state index in [1.54, 1.807) is 0 Å². The summed E-state index contributed by atoms with van der Waals surface area (Å²) >= 11 is 0. The Morgan fingerprint density at radius 3 is 1.97 bits per heavy atom. The van der Waals surface area contributed by atoms with Crippen LogP contribution in [0, 0.1) is 0 Å². The van der Waals surface area contributed by atoms with Crippen molar-refractivity contribution < 1.29 is 0 Å². The quantitative estimate of drug-likeness (QED) is 0.253. The average Bonchev–Trinajstić information content (AvgIpc) is 2.97.